The zero-order valence-corrected chi connectivity index (χ0v) is 14.7. The molecule has 1 amide bonds. The van der Waals surface area contributed by atoms with Crippen LogP contribution in [0.15, 0.2) is 23.1 Å². The standard InChI is InChI=1S/C17H22N4O2S/c1-10(2)13-7-12(8-15(22)20-13)16(23)21-17-19-9-14(24-17)11-3-5-18-6-4-11/h7-11,18H,3-6H2,1-2H3,(H,20,22)(H,19,21,23). The highest BCUT2D eigenvalue weighted by Gasteiger charge is 2.19. The van der Waals surface area contributed by atoms with E-state index >= 15 is 0 Å². The van der Waals surface area contributed by atoms with Gasteiger partial charge in [-0.2, -0.15) is 0 Å². The predicted molar refractivity (Wildman–Crippen MR) is 96.1 cm³/mol. The first-order valence-corrected chi connectivity index (χ1v) is 9.06. The predicted octanol–water partition coefficient (Wildman–Crippen LogP) is 2.67. The maximum absolute atomic E-state index is 12.4. The second-order valence-corrected chi connectivity index (χ2v) is 7.45. The number of nitrogens with zero attached hydrogens (tertiary/aromatic N) is 1. The number of aromatic amines is 1. The molecule has 6 nitrogen and oxygen atoms in total. The van der Waals surface area contributed by atoms with Crippen LogP contribution in [0.3, 0.4) is 0 Å². The van der Waals surface area contributed by atoms with Crippen LogP contribution in [0.4, 0.5) is 5.13 Å². The second kappa shape index (κ2) is 7.27. The van der Waals surface area contributed by atoms with Crippen LogP contribution in [-0.2, 0) is 0 Å². The summed E-state index contributed by atoms with van der Waals surface area (Å²) in [5.41, 5.74) is 0.851. The van der Waals surface area contributed by atoms with E-state index in [4.69, 9.17) is 0 Å². The Hall–Kier alpha value is -1.99. The van der Waals surface area contributed by atoms with Gasteiger partial charge in [-0.25, -0.2) is 4.98 Å². The van der Waals surface area contributed by atoms with Crippen LogP contribution in [0, 0.1) is 0 Å². The molecule has 0 unspecified atom stereocenters. The summed E-state index contributed by atoms with van der Waals surface area (Å²) in [5.74, 6) is 0.368. The summed E-state index contributed by atoms with van der Waals surface area (Å²) in [5, 5.41) is 6.74. The third kappa shape index (κ3) is 3.91. The molecule has 0 spiro atoms. The van der Waals surface area contributed by atoms with Crippen molar-refractivity contribution >= 4 is 22.4 Å². The Labute approximate surface area is 144 Å². The molecular weight excluding hydrogens is 324 g/mol. The van der Waals surface area contributed by atoms with Gasteiger partial charge in [0.1, 0.15) is 0 Å². The van der Waals surface area contributed by atoms with Crippen molar-refractivity contribution in [2.45, 2.75) is 38.5 Å². The minimum atomic E-state index is -0.297. The van der Waals surface area contributed by atoms with E-state index in [0.717, 1.165) is 31.6 Å². The van der Waals surface area contributed by atoms with E-state index < -0.39 is 0 Å². The number of anilines is 1. The van der Waals surface area contributed by atoms with Crippen molar-refractivity contribution in [2.75, 3.05) is 18.4 Å². The molecule has 1 saturated heterocycles. The summed E-state index contributed by atoms with van der Waals surface area (Å²) < 4.78 is 0. The topological polar surface area (TPSA) is 86.9 Å². The molecule has 0 radical (unpaired) electrons. The number of hydrogen-bond acceptors (Lipinski definition) is 5. The van der Waals surface area contributed by atoms with E-state index in [1.165, 1.54) is 22.3 Å². The monoisotopic (exact) mass is 346 g/mol. The first-order chi connectivity index (χ1) is 11.5. The Morgan fingerprint density at radius 3 is 2.79 bits per heavy atom. The zero-order valence-electron chi connectivity index (χ0n) is 13.9. The number of nitrogens with one attached hydrogen (secondary N) is 3. The highest BCUT2D eigenvalue weighted by atomic mass is 32.1. The number of pyridine rings is 1. The maximum atomic E-state index is 12.4. The van der Waals surface area contributed by atoms with Gasteiger partial charge in [-0.1, -0.05) is 13.8 Å². The van der Waals surface area contributed by atoms with Gasteiger partial charge in [-0.05, 0) is 43.8 Å². The molecule has 0 aromatic carbocycles. The van der Waals surface area contributed by atoms with E-state index in [0.29, 0.717) is 16.6 Å². The quantitative estimate of drug-likeness (QED) is 0.794. The fourth-order valence-corrected chi connectivity index (χ4v) is 3.80. The van der Waals surface area contributed by atoms with E-state index in [1.807, 2.05) is 20.0 Å². The van der Waals surface area contributed by atoms with Crippen LogP contribution < -0.4 is 16.2 Å². The number of amides is 1. The maximum Gasteiger partial charge on any atom is 0.257 e. The fourth-order valence-electron chi connectivity index (χ4n) is 2.82. The molecule has 0 bridgehead atoms. The summed E-state index contributed by atoms with van der Waals surface area (Å²) in [6.45, 7) is 5.99. The Morgan fingerprint density at radius 2 is 2.08 bits per heavy atom. The summed E-state index contributed by atoms with van der Waals surface area (Å²) in [7, 11) is 0. The minimum absolute atomic E-state index is 0.150. The smallest absolute Gasteiger partial charge is 0.257 e. The summed E-state index contributed by atoms with van der Waals surface area (Å²) in [6, 6.07) is 3.05. The van der Waals surface area contributed by atoms with Gasteiger partial charge in [0.25, 0.3) is 5.91 Å². The molecule has 2 aromatic heterocycles. The lowest BCUT2D eigenvalue weighted by molar-refractivity contribution is 0.102. The van der Waals surface area contributed by atoms with Gasteiger partial charge in [0, 0.05) is 28.4 Å². The molecule has 2 aromatic rings. The fraction of sp³-hybridized carbons (Fsp3) is 0.471. The molecule has 7 heteroatoms. The number of piperidine rings is 1. The SMILES string of the molecule is CC(C)c1cc(C(=O)Nc2ncc(C3CCNCC3)s2)cc(=O)[nH]1. The third-order valence-electron chi connectivity index (χ3n) is 4.23. The molecule has 1 aliphatic rings. The van der Waals surface area contributed by atoms with Gasteiger partial charge in [0.2, 0.25) is 5.56 Å². The minimum Gasteiger partial charge on any atom is -0.326 e. The van der Waals surface area contributed by atoms with E-state index in [2.05, 4.69) is 20.6 Å². The second-order valence-electron chi connectivity index (χ2n) is 6.39. The van der Waals surface area contributed by atoms with Crippen LogP contribution in [0.25, 0.3) is 0 Å². The molecular formula is C17H22N4O2S. The van der Waals surface area contributed by atoms with Gasteiger partial charge >= 0.3 is 0 Å². The molecule has 3 N–H and O–H groups in total. The third-order valence-corrected chi connectivity index (χ3v) is 5.31. The van der Waals surface area contributed by atoms with Crippen LogP contribution in [0.2, 0.25) is 0 Å². The number of hydrogen-bond donors (Lipinski definition) is 3. The molecule has 1 fully saturated rings. The number of aromatic nitrogens is 2. The average molecular weight is 346 g/mol. The van der Waals surface area contributed by atoms with Crippen molar-refractivity contribution in [1.82, 2.24) is 15.3 Å². The largest absolute Gasteiger partial charge is 0.326 e. The molecule has 24 heavy (non-hydrogen) atoms. The molecule has 0 atom stereocenters. The van der Waals surface area contributed by atoms with Gasteiger partial charge in [0.15, 0.2) is 5.13 Å². The molecule has 3 heterocycles. The normalized spacial score (nSPS) is 15.6. The molecule has 128 valence electrons. The number of carbonyl (C=O) groups is 1. The number of carbonyl (C=O) groups excluding carboxylic acids is 1. The molecule has 0 aliphatic carbocycles. The van der Waals surface area contributed by atoms with Gasteiger partial charge < -0.3 is 10.3 Å². The summed E-state index contributed by atoms with van der Waals surface area (Å²) in [4.78, 5) is 32.4. The Balaban J connectivity index is 1.73. The highest BCUT2D eigenvalue weighted by Crippen LogP contribution is 2.31. The van der Waals surface area contributed by atoms with Crippen LogP contribution >= 0.6 is 11.3 Å². The number of H-pyrrole nitrogens is 1. The molecule has 1 aliphatic heterocycles. The lowest BCUT2D eigenvalue weighted by Gasteiger charge is -2.20. The van der Waals surface area contributed by atoms with Crippen LogP contribution in [0.5, 0.6) is 0 Å². The highest BCUT2D eigenvalue weighted by molar-refractivity contribution is 7.15. The van der Waals surface area contributed by atoms with Crippen molar-refractivity contribution in [3.05, 3.63) is 44.8 Å². The Kier molecular flexibility index (Phi) is 5.11. The zero-order chi connectivity index (χ0) is 17.1. The van der Waals surface area contributed by atoms with E-state index in [9.17, 15) is 9.59 Å². The lowest BCUT2D eigenvalue weighted by Crippen LogP contribution is -2.26. The van der Waals surface area contributed by atoms with Crippen molar-refractivity contribution in [2.24, 2.45) is 0 Å². The van der Waals surface area contributed by atoms with Gasteiger partial charge in [0.05, 0.1) is 0 Å². The molecule has 0 saturated carbocycles. The Morgan fingerprint density at radius 1 is 1.33 bits per heavy atom. The van der Waals surface area contributed by atoms with Crippen molar-refractivity contribution in [3.63, 3.8) is 0 Å². The van der Waals surface area contributed by atoms with E-state index in [-0.39, 0.29) is 17.4 Å². The van der Waals surface area contributed by atoms with Crippen molar-refractivity contribution in [1.29, 1.82) is 0 Å². The van der Waals surface area contributed by atoms with Gasteiger partial charge in [-0.15, -0.1) is 11.3 Å². The van der Waals surface area contributed by atoms with Gasteiger partial charge in [-0.3, -0.25) is 14.9 Å². The number of rotatable bonds is 4. The molecule has 3 rings (SSSR count). The summed E-state index contributed by atoms with van der Waals surface area (Å²) in [6.07, 6.45) is 4.05. The first-order valence-electron chi connectivity index (χ1n) is 8.25. The van der Waals surface area contributed by atoms with Crippen molar-refractivity contribution < 1.29 is 4.79 Å². The van der Waals surface area contributed by atoms with E-state index in [1.54, 1.807) is 6.07 Å². The lowest BCUT2D eigenvalue weighted by atomic mass is 9.97. The number of thiazole rings is 1. The van der Waals surface area contributed by atoms with Crippen LogP contribution in [-0.4, -0.2) is 29.0 Å². The van der Waals surface area contributed by atoms with Crippen LogP contribution in [0.1, 0.15) is 59.5 Å². The summed E-state index contributed by atoms with van der Waals surface area (Å²) >= 11 is 1.52. The Bertz CT molecular complexity index is 775. The first kappa shape index (κ1) is 16.9. The average Bonchev–Trinajstić information content (AvgIpc) is 3.03. The van der Waals surface area contributed by atoms with Crippen molar-refractivity contribution in [3.8, 4) is 0 Å².